The molecule has 0 aliphatic rings. The highest BCUT2D eigenvalue weighted by molar-refractivity contribution is 7.12. The van der Waals surface area contributed by atoms with Gasteiger partial charge >= 0.3 is 5.97 Å². The molecule has 1 aromatic carbocycles. The van der Waals surface area contributed by atoms with E-state index in [1.807, 2.05) is 37.3 Å². The Labute approximate surface area is 184 Å². The Bertz CT molecular complexity index is 1140. The molecule has 9 heteroatoms. The lowest BCUT2D eigenvalue weighted by atomic mass is 10.2. The van der Waals surface area contributed by atoms with Crippen molar-refractivity contribution < 1.29 is 23.6 Å². The van der Waals surface area contributed by atoms with Crippen molar-refractivity contribution in [3.8, 4) is 0 Å². The van der Waals surface area contributed by atoms with E-state index in [9.17, 15) is 14.4 Å². The second kappa shape index (κ2) is 9.23. The number of nitrogens with zero attached hydrogens (tertiary/aromatic N) is 2. The van der Waals surface area contributed by atoms with Crippen molar-refractivity contribution in [3.05, 3.63) is 52.3 Å². The van der Waals surface area contributed by atoms with Gasteiger partial charge in [-0.05, 0) is 29.3 Å². The number of aryl methyl sites for hydroxylation is 1. The summed E-state index contributed by atoms with van der Waals surface area (Å²) < 4.78 is 4.89. The van der Waals surface area contributed by atoms with Crippen LogP contribution in [0.25, 0.3) is 10.8 Å². The summed E-state index contributed by atoms with van der Waals surface area (Å²) >= 11 is 1.22. The molecule has 8 nitrogen and oxygen atoms in total. The molecule has 0 saturated heterocycles. The average Bonchev–Trinajstić information content (AvgIpc) is 3.06. The van der Waals surface area contributed by atoms with Crippen molar-refractivity contribution in [2.75, 3.05) is 44.9 Å². The Morgan fingerprint density at radius 2 is 1.71 bits per heavy atom. The van der Waals surface area contributed by atoms with Crippen molar-refractivity contribution in [1.29, 1.82) is 0 Å². The van der Waals surface area contributed by atoms with Crippen LogP contribution in [-0.2, 0) is 14.3 Å². The molecule has 2 amide bonds. The van der Waals surface area contributed by atoms with Crippen molar-refractivity contribution in [3.63, 3.8) is 0 Å². The van der Waals surface area contributed by atoms with Gasteiger partial charge in [-0.3, -0.25) is 9.59 Å². The third-order valence-electron chi connectivity index (χ3n) is 4.65. The van der Waals surface area contributed by atoms with E-state index in [2.05, 4.69) is 15.6 Å². The fourth-order valence-electron chi connectivity index (χ4n) is 3.19. The molecular weight excluding hydrogens is 416 g/mol. The van der Waals surface area contributed by atoms with Gasteiger partial charge in [0.1, 0.15) is 10.7 Å². The number of carbonyl (C=O) groups is 3. The number of nitrogens with one attached hydrogen (secondary N) is 2. The number of fused-ring (bicyclic) bond motifs is 1. The second-order valence-corrected chi connectivity index (χ2v) is 8.76. The molecule has 2 heterocycles. The molecule has 3 aromatic rings. The zero-order valence-corrected chi connectivity index (χ0v) is 18.7. The lowest BCUT2D eigenvalue weighted by Gasteiger charge is -2.28. The average molecular weight is 442 g/mol. The highest BCUT2D eigenvalue weighted by Crippen LogP contribution is 2.28. The van der Waals surface area contributed by atoms with E-state index in [0.29, 0.717) is 16.4 Å². The van der Waals surface area contributed by atoms with Crippen LogP contribution >= 0.6 is 11.3 Å². The number of thiophene rings is 1. The Morgan fingerprint density at radius 3 is 2.39 bits per heavy atom. The van der Waals surface area contributed by atoms with E-state index >= 15 is 0 Å². The third kappa shape index (κ3) is 5.65. The van der Waals surface area contributed by atoms with Gasteiger partial charge in [-0.1, -0.05) is 24.3 Å². The predicted molar refractivity (Wildman–Crippen MR) is 121 cm³/mol. The number of methoxy groups -OCH3 is 1. The molecule has 0 saturated carbocycles. The second-order valence-electron chi connectivity index (χ2n) is 7.88. The van der Waals surface area contributed by atoms with Crippen LogP contribution in [0.4, 0.5) is 11.5 Å². The minimum Gasteiger partial charge on any atom is -0.465 e. The Balaban J connectivity index is 1.61. The number of benzene rings is 1. The van der Waals surface area contributed by atoms with Crippen LogP contribution in [0.3, 0.4) is 0 Å². The summed E-state index contributed by atoms with van der Waals surface area (Å²) in [6, 6.07) is 9.57. The van der Waals surface area contributed by atoms with Gasteiger partial charge in [0.2, 0.25) is 0 Å². The summed E-state index contributed by atoms with van der Waals surface area (Å²) in [6.45, 7) is 1.94. The predicted octanol–water partition coefficient (Wildman–Crippen LogP) is 3.04. The van der Waals surface area contributed by atoms with Crippen molar-refractivity contribution in [2.24, 2.45) is 0 Å². The minimum atomic E-state index is -0.496. The van der Waals surface area contributed by atoms with Gasteiger partial charge in [-0.15, -0.1) is 11.3 Å². The molecule has 2 aromatic heterocycles. The summed E-state index contributed by atoms with van der Waals surface area (Å²) in [5.74, 6) is -0.579. The summed E-state index contributed by atoms with van der Waals surface area (Å²) in [6.07, 6.45) is 1.71. The molecule has 0 atom stereocenters. The maximum atomic E-state index is 12.6. The van der Waals surface area contributed by atoms with Crippen LogP contribution in [0.2, 0.25) is 0 Å². The van der Waals surface area contributed by atoms with Gasteiger partial charge in [0.05, 0.1) is 26.9 Å². The number of likely N-dealkylation sites (N-methyl/N-ethyl adjacent to an activating group) is 1. The first-order valence-corrected chi connectivity index (χ1v) is 10.5. The molecule has 162 valence electrons. The van der Waals surface area contributed by atoms with Gasteiger partial charge < -0.3 is 19.9 Å². The molecular formula is C22H25N4O4S+. The number of hydrogen-bond acceptors (Lipinski definition) is 6. The Hall–Kier alpha value is -3.30. The van der Waals surface area contributed by atoms with E-state index < -0.39 is 5.97 Å². The van der Waals surface area contributed by atoms with Crippen LogP contribution in [0.15, 0.2) is 41.9 Å². The van der Waals surface area contributed by atoms with E-state index in [1.54, 1.807) is 25.7 Å². The number of anilines is 2. The topological polar surface area (TPSA) is 97.4 Å². The highest BCUT2D eigenvalue weighted by atomic mass is 32.1. The number of esters is 1. The summed E-state index contributed by atoms with van der Waals surface area (Å²) in [7, 11) is 4.87. The number of ether oxygens (including phenoxy) is 1. The van der Waals surface area contributed by atoms with Gasteiger partial charge in [0, 0.05) is 11.6 Å². The first-order chi connectivity index (χ1) is 14.7. The number of rotatable bonds is 7. The molecule has 0 aliphatic heterocycles. The zero-order valence-electron chi connectivity index (χ0n) is 17.9. The fourth-order valence-corrected chi connectivity index (χ4v) is 4.11. The molecule has 0 fully saturated rings. The molecule has 31 heavy (non-hydrogen) atoms. The number of quaternary nitrogens is 1. The highest BCUT2D eigenvalue weighted by Gasteiger charge is 2.26. The minimum absolute atomic E-state index is 0.0501. The molecule has 2 N–H and O–H groups in total. The molecule has 0 aliphatic carbocycles. The van der Waals surface area contributed by atoms with Gasteiger partial charge in [0.15, 0.2) is 13.1 Å². The summed E-state index contributed by atoms with van der Waals surface area (Å²) in [4.78, 5) is 41.7. The largest absolute Gasteiger partial charge is 0.465 e. The fraction of sp³-hybridized carbons (Fsp3) is 0.273. The first-order valence-electron chi connectivity index (χ1n) is 9.61. The number of pyridine rings is 1. The van der Waals surface area contributed by atoms with E-state index in [0.717, 1.165) is 16.3 Å². The number of amides is 2. The zero-order chi connectivity index (χ0) is 22.6. The van der Waals surface area contributed by atoms with Crippen LogP contribution in [0, 0.1) is 6.92 Å². The normalized spacial score (nSPS) is 11.2. The van der Waals surface area contributed by atoms with Crippen LogP contribution in [0.1, 0.15) is 15.2 Å². The number of aromatic nitrogens is 1. The van der Waals surface area contributed by atoms with Gasteiger partial charge in [-0.2, -0.15) is 0 Å². The SMILES string of the molecule is COC(=O)c1scc(C)c1NC(=O)C[N+](C)(C)CC(=O)Nc1cc2ccccc2cn1. The van der Waals surface area contributed by atoms with E-state index in [-0.39, 0.29) is 29.4 Å². The van der Waals surface area contributed by atoms with Gasteiger partial charge in [0.25, 0.3) is 11.8 Å². The molecule has 0 spiro atoms. The maximum Gasteiger partial charge on any atom is 0.350 e. The molecule has 0 radical (unpaired) electrons. The molecule has 3 rings (SSSR count). The number of carbonyl (C=O) groups excluding carboxylic acids is 3. The monoisotopic (exact) mass is 441 g/mol. The van der Waals surface area contributed by atoms with Gasteiger partial charge in [-0.25, -0.2) is 9.78 Å². The Kier molecular flexibility index (Phi) is 6.67. The van der Waals surface area contributed by atoms with Crippen LogP contribution < -0.4 is 10.6 Å². The third-order valence-corrected chi connectivity index (χ3v) is 5.73. The number of hydrogen-bond donors (Lipinski definition) is 2. The molecule has 0 unspecified atom stereocenters. The van der Waals surface area contributed by atoms with Crippen LogP contribution in [0.5, 0.6) is 0 Å². The smallest absolute Gasteiger partial charge is 0.350 e. The van der Waals surface area contributed by atoms with Crippen molar-refractivity contribution in [2.45, 2.75) is 6.92 Å². The van der Waals surface area contributed by atoms with Crippen molar-refractivity contribution in [1.82, 2.24) is 4.98 Å². The van der Waals surface area contributed by atoms with E-state index in [1.165, 1.54) is 18.4 Å². The lowest BCUT2D eigenvalue weighted by Crippen LogP contribution is -2.50. The Morgan fingerprint density at radius 1 is 1.06 bits per heavy atom. The van der Waals surface area contributed by atoms with Crippen LogP contribution in [-0.4, -0.2) is 61.5 Å². The van der Waals surface area contributed by atoms with Crippen molar-refractivity contribution >= 4 is 51.4 Å². The quantitative estimate of drug-likeness (QED) is 0.434. The standard InChI is InChI=1S/C22H24N4O4S/c1-14-13-31-21(22(29)30-4)20(14)25-19(28)12-26(2,3)11-18(27)24-17-9-15-7-5-6-8-16(15)10-23-17/h5-10,13H,11-12H2,1-4H3,(H-,23,24,25,27,28,29)/p+1. The summed E-state index contributed by atoms with van der Waals surface area (Å²) in [5, 5.41) is 9.33. The lowest BCUT2D eigenvalue weighted by molar-refractivity contribution is -0.874. The van der Waals surface area contributed by atoms with E-state index in [4.69, 9.17) is 4.74 Å². The molecule has 0 bridgehead atoms. The first kappa shape index (κ1) is 22.4. The maximum absolute atomic E-state index is 12.6. The summed E-state index contributed by atoms with van der Waals surface area (Å²) in [5.41, 5.74) is 1.23.